The predicted molar refractivity (Wildman–Crippen MR) is 144 cm³/mol. The molecule has 12 heteroatoms. The van der Waals surface area contributed by atoms with E-state index < -0.39 is 24.1 Å². The Morgan fingerprint density at radius 3 is 2.54 bits per heavy atom. The molecular weight excluding hydrogens is 523 g/mol. The first-order valence-corrected chi connectivity index (χ1v) is 13.0. The number of carbonyl (C=O) groups excluding carboxylic acids is 1. The van der Waals surface area contributed by atoms with Crippen molar-refractivity contribution in [1.82, 2.24) is 24.9 Å². The van der Waals surface area contributed by atoms with Gasteiger partial charge in [0.05, 0.1) is 52.6 Å². The Morgan fingerprint density at radius 2 is 1.79 bits per heavy atom. The molecule has 10 nitrogen and oxygen atoms in total. The maximum absolute atomic E-state index is 15.0. The summed E-state index contributed by atoms with van der Waals surface area (Å²) in [7, 11) is 1.54. The fourth-order valence-electron chi connectivity index (χ4n) is 4.26. The predicted octanol–water partition coefficient (Wildman–Crippen LogP) is 5.62. The minimum absolute atomic E-state index is 0.0852. The molecule has 0 radical (unpaired) electrons. The van der Waals surface area contributed by atoms with Gasteiger partial charge in [0.2, 0.25) is 5.88 Å². The molecule has 1 N–H and O–H groups in total. The number of carbonyl (C=O) groups is 1. The lowest BCUT2D eigenvalue weighted by atomic mass is 9.92. The van der Waals surface area contributed by atoms with Crippen LogP contribution in [0.15, 0.2) is 42.9 Å². The molecule has 1 fully saturated rings. The molecule has 0 aliphatic heterocycles. The van der Waals surface area contributed by atoms with E-state index in [4.69, 9.17) is 14.2 Å². The van der Waals surface area contributed by atoms with Gasteiger partial charge in [-0.25, -0.2) is 34.1 Å². The highest BCUT2D eigenvalue weighted by atomic mass is 32.1. The summed E-state index contributed by atoms with van der Waals surface area (Å²) >= 11 is 1.41. The van der Waals surface area contributed by atoms with E-state index in [0.717, 1.165) is 15.8 Å². The minimum Gasteiger partial charge on any atom is -0.483 e. The van der Waals surface area contributed by atoms with E-state index in [1.807, 2.05) is 19.1 Å². The van der Waals surface area contributed by atoms with E-state index in [1.54, 1.807) is 26.3 Å². The van der Waals surface area contributed by atoms with Crippen molar-refractivity contribution in [2.24, 2.45) is 0 Å². The molecule has 1 aliphatic carbocycles. The van der Waals surface area contributed by atoms with Crippen molar-refractivity contribution in [3.63, 3.8) is 0 Å². The highest BCUT2D eigenvalue weighted by molar-refractivity contribution is 7.21. The monoisotopic (exact) mass is 546 g/mol. The number of nitrogens with zero attached hydrogens (tertiary/aromatic N) is 5. The number of ether oxygens (including phenoxy) is 3. The Balaban J connectivity index is 1.21. The average molecular weight is 547 g/mol. The number of aryl methyl sites for hydroxylation is 2. The Morgan fingerprint density at radius 1 is 1.00 bits per heavy atom. The third-order valence-corrected chi connectivity index (χ3v) is 7.42. The molecule has 0 spiro atoms. The summed E-state index contributed by atoms with van der Waals surface area (Å²) < 4.78 is 32.4. The molecule has 2 atom stereocenters. The molecule has 2 aromatic carbocycles. The summed E-state index contributed by atoms with van der Waals surface area (Å²) in [5.74, 6) is 0.564. The Kier molecular flexibility index (Phi) is 6.39. The minimum atomic E-state index is -0.644. The molecule has 0 unspecified atom stereocenters. The van der Waals surface area contributed by atoms with E-state index in [0.29, 0.717) is 51.8 Å². The summed E-state index contributed by atoms with van der Waals surface area (Å²) in [5.41, 5.74) is 4.10. The van der Waals surface area contributed by atoms with Crippen LogP contribution in [0.25, 0.3) is 31.8 Å². The first kappa shape index (κ1) is 24.9. The number of amides is 1. The largest absolute Gasteiger partial charge is 0.483 e. The van der Waals surface area contributed by atoms with Gasteiger partial charge in [0.15, 0.2) is 11.6 Å². The number of hydrogen-bond donors (Lipinski definition) is 1. The topological polar surface area (TPSA) is 121 Å². The normalized spacial score (nSPS) is 16.6. The molecular formula is C27H23FN6O4S. The summed E-state index contributed by atoms with van der Waals surface area (Å²) in [4.78, 5) is 34.0. The van der Waals surface area contributed by atoms with Gasteiger partial charge in [0.1, 0.15) is 23.0 Å². The summed E-state index contributed by atoms with van der Waals surface area (Å²) in [6.45, 7) is 3.72. The van der Waals surface area contributed by atoms with Gasteiger partial charge in [0, 0.05) is 17.7 Å². The maximum Gasteiger partial charge on any atom is 0.412 e. The molecule has 3 heterocycles. The number of thiazole rings is 1. The molecule has 0 saturated heterocycles. The van der Waals surface area contributed by atoms with Crippen LogP contribution in [-0.4, -0.2) is 50.3 Å². The van der Waals surface area contributed by atoms with Crippen LogP contribution >= 0.6 is 11.3 Å². The van der Waals surface area contributed by atoms with Crippen molar-refractivity contribution in [3.8, 4) is 22.2 Å². The van der Waals surface area contributed by atoms with Crippen LogP contribution in [-0.2, 0) is 4.74 Å². The second kappa shape index (κ2) is 10.0. The van der Waals surface area contributed by atoms with Gasteiger partial charge >= 0.3 is 6.09 Å². The average Bonchev–Trinajstić information content (AvgIpc) is 3.32. The molecule has 1 aliphatic rings. The zero-order valence-corrected chi connectivity index (χ0v) is 22.1. The van der Waals surface area contributed by atoms with Crippen LogP contribution in [0.1, 0.15) is 24.2 Å². The van der Waals surface area contributed by atoms with Gasteiger partial charge in [-0.1, -0.05) is 0 Å². The van der Waals surface area contributed by atoms with Crippen molar-refractivity contribution in [2.75, 3.05) is 12.4 Å². The first-order valence-electron chi connectivity index (χ1n) is 12.2. The number of benzene rings is 2. The van der Waals surface area contributed by atoms with Crippen LogP contribution < -0.4 is 14.8 Å². The summed E-state index contributed by atoms with van der Waals surface area (Å²) in [6.07, 6.45) is 4.19. The molecule has 1 saturated carbocycles. The van der Waals surface area contributed by atoms with Crippen molar-refractivity contribution in [3.05, 3.63) is 60.1 Å². The lowest BCUT2D eigenvalue weighted by molar-refractivity contribution is -0.0431. The molecule has 5 aromatic rings. The third-order valence-electron chi connectivity index (χ3n) is 6.36. The van der Waals surface area contributed by atoms with Crippen molar-refractivity contribution >= 4 is 44.4 Å². The number of halogens is 1. The number of fused-ring (bicyclic) bond motifs is 2. The van der Waals surface area contributed by atoms with Crippen LogP contribution in [0, 0.1) is 19.7 Å². The Labute approximate surface area is 226 Å². The number of nitrogens with one attached hydrogen (secondary N) is 1. The Bertz CT molecular complexity index is 1710. The van der Waals surface area contributed by atoms with Crippen molar-refractivity contribution in [2.45, 2.75) is 38.9 Å². The maximum atomic E-state index is 15.0. The molecule has 6 rings (SSSR count). The second-order valence-electron chi connectivity index (χ2n) is 9.18. The van der Waals surface area contributed by atoms with Gasteiger partial charge in [-0.05, 0) is 44.4 Å². The van der Waals surface area contributed by atoms with Crippen LogP contribution in [0.5, 0.6) is 11.6 Å². The molecule has 0 bridgehead atoms. The smallest absolute Gasteiger partial charge is 0.412 e. The number of methoxy groups -OCH3 is 1. The number of aromatic nitrogens is 5. The number of hydrogen-bond acceptors (Lipinski definition) is 10. The summed E-state index contributed by atoms with van der Waals surface area (Å²) in [5, 5.41) is 3.28. The fraction of sp³-hybridized carbons (Fsp3) is 0.259. The van der Waals surface area contributed by atoms with Crippen molar-refractivity contribution < 1.29 is 23.4 Å². The molecule has 39 heavy (non-hydrogen) atoms. The Hall–Kier alpha value is -4.45. The van der Waals surface area contributed by atoms with E-state index in [2.05, 4.69) is 30.2 Å². The van der Waals surface area contributed by atoms with Gasteiger partial charge in [-0.3, -0.25) is 5.32 Å². The summed E-state index contributed by atoms with van der Waals surface area (Å²) in [6, 6.07) is 6.91. The third kappa shape index (κ3) is 5.02. The van der Waals surface area contributed by atoms with Gasteiger partial charge < -0.3 is 14.2 Å². The lowest BCUT2D eigenvalue weighted by Gasteiger charge is -2.35. The SMILES string of the molecule is COc1cnc2c(-c3nc4cc(F)c(O[C@H]5CC[C@H]5OC(=O)Nc5cnc(C)nc5)cc4s3)cc(C)cc2n1. The fourth-order valence-corrected chi connectivity index (χ4v) is 5.25. The first-order chi connectivity index (χ1) is 18.9. The zero-order valence-electron chi connectivity index (χ0n) is 21.3. The highest BCUT2D eigenvalue weighted by Crippen LogP contribution is 2.38. The van der Waals surface area contributed by atoms with Crippen LogP contribution in [0.4, 0.5) is 14.9 Å². The van der Waals surface area contributed by atoms with E-state index in [9.17, 15) is 4.79 Å². The van der Waals surface area contributed by atoms with Crippen molar-refractivity contribution in [1.29, 1.82) is 0 Å². The number of rotatable bonds is 6. The van der Waals surface area contributed by atoms with E-state index in [-0.39, 0.29) is 5.75 Å². The van der Waals surface area contributed by atoms with Gasteiger partial charge in [0.25, 0.3) is 0 Å². The number of anilines is 1. The highest BCUT2D eigenvalue weighted by Gasteiger charge is 2.37. The second-order valence-corrected chi connectivity index (χ2v) is 10.2. The quantitative estimate of drug-likeness (QED) is 0.289. The molecule has 198 valence electrons. The van der Waals surface area contributed by atoms with E-state index >= 15 is 4.39 Å². The standard InChI is InChI=1S/C27H23FN6O4S/c1-13-6-16(25-19(7-13)33-24(36-3)12-31-25)26-34-18-8-17(28)22(9-23(18)39-26)37-20-4-5-21(20)38-27(35)32-15-10-29-14(2)30-11-15/h6-12,20-21H,4-5H2,1-3H3,(H,32,35)/t20-,21+/m0/s1. The zero-order chi connectivity index (χ0) is 27.1. The molecule has 3 aromatic heterocycles. The van der Waals surface area contributed by atoms with Crippen LogP contribution in [0.3, 0.4) is 0 Å². The van der Waals surface area contributed by atoms with E-state index in [1.165, 1.54) is 29.8 Å². The van der Waals surface area contributed by atoms with Crippen LogP contribution in [0.2, 0.25) is 0 Å². The van der Waals surface area contributed by atoms with Gasteiger partial charge in [-0.15, -0.1) is 11.3 Å². The lowest BCUT2D eigenvalue weighted by Crippen LogP contribution is -2.45. The van der Waals surface area contributed by atoms with Gasteiger partial charge in [-0.2, -0.15) is 0 Å². The molecule has 1 amide bonds.